The summed E-state index contributed by atoms with van der Waals surface area (Å²) in [6, 6.07) is 8.59. The number of nitrogens with one attached hydrogen (secondary N) is 1. The molecule has 1 spiro atoms. The van der Waals surface area contributed by atoms with Gasteiger partial charge in [0.05, 0.1) is 5.60 Å². The molecule has 0 aromatic carbocycles. The summed E-state index contributed by atoms with van der Waals surface area (Å²) in [7, 11) is 0. The van der Waals surface area contributed by atoms with Crippen LogP contribution in [0, 0.1) is 0 Å². The normalized spacial score (nSPS) is 25.4. The molecule has 2 aliphatic rings. The van der Waals surface area contributed by atoms with Gasteiger partial charge in [0, 0.05) is 30.5 Å². The summed E-state index contributed by atoms with van der Waals surface area (Å²) < 4.78 is 6.32. The Kier molecular flexibility index (Phi) is 5.20. The number of hydrogen-bond acceptors (Lipinski definition) is 4. The lowest BCUT2D eigenvalue weighted by atomic mass is 9.68. The molecule has 2 aromatic rings. The standard InChI is InChI=1S/C21H28N2OS/c1-4-11-23-19(5-1)20(9-12-22-15-18-6-14-25-16-18)10-13-24-21(17-20)7-2-3-8-21/h1,4-6,11,14,16,22H,2-3,7-10,12-13,15,17H2/t20-/m1/s1. The van der Waals surface area contributed by atoms with E-state index in [9.17, 15) is 0 Å². The SMILES string of the molecule is c1ccc([C@]2(CCNCc3ccsc3)CCOC3(CCCC3)C2)nc1. The van der Waals surface area contributed by atoms with E-state index in [1.54, 1.807) is 11.3 Å². The molecule has 1 atom stereocenters. The molecular weight excluding hydrogens is 328 g/mol. The first-order valence-corrected chi connectivity index (χ1v) is 10.5. The minimum Gasteiger partial charge on any atom is -0.375 e. The first-order valence-electron chi connectivity index (χ1n) is 9.58. The Hall–Kier alpha value is -1.23. The minimum atomic E-state index is 0.114. The van der Waals surface area contributed by atoms with Crippen LogP contribution >= 0.6 is 11.3 Å². The number of ether oxygens (including phenoxy) is 1. The van der Waals surface area contributed by atoms with Gasteiger partial charge in [-0.25, -0.2) is 0 Å². The van der Waals surface area contributed by atoms with Crippen LogP contribution in [0.2, 0.25) is 0 Å². The van der Waals surface area contributed by atoms with Gasteiger partial charge < -0.3 is 10.1 Å². The molecule has 0 bridgehead atoms. The molecule has 25 heavy (non-hydrogen) atoms. The third kappa shape index (κ3) is 3.81. The fourth-order valence-corrected chi connectivity index (χ4v) is 5.42. The first-order chi connectivity index (χ1) is 12.3. The monoisotopic (exact) mass is 356 g/mol. The fraction of sp³-hybridized carbons (Fsp3) is 0.571. The van der Waals surface area contributed by atoms with Crippen molar-refractivity contribution >= 4 is 11.3 Å². The van der Waals surface area contributed by atoms with Gasteiger partial charge in [0.15, 0.2) is 0 Å². The van der Waals surface area contributed by atoms with Crippen molar-refractivity contribution in [2.45, 2.75) is 62.5 Å². The molecule has 0 radical (unpaired) electrons. The molecular formula is C21H28N2OS. The van der Waals surface area contributed by atoms with E-state index in [0.717, 1.165) is 39.0 Å². The van der Waals surface area contributed by atoms with Gasteiger partial charge in [0.1, 0.15) is 0 Å². The Labute approximate surface area is 154 Å². The Bertz CT molecular complexity index is 652. The number of thiophene rings is 1. The average Bonchev–Trinajstić information content (AvgIpc) is 3.32. The highest BCUT2D eigenvalue weighted by molar-refractivity contribution is 7.07. The van der Waals surface area contributed by atoms with Gasteiger partial charge in [-0.3, -0.25) is 4.98 Å². The predicted octanol–water partition coefficient (Wildman–Crippen LogP) is 4.68. The molecule has 4 heteroatoms. The average molecular weight is 357 g/mol. The van der Waals surface area contributed by atoms with Crippen LogP contribution < -0.4 is 5.32 Å². The van der Waals surface area contributed by atoms with Gasteiger partial charge in [-0.2, -0.15) is 11.3 Å². The van der Waals surface area contributed by atoms with Crippen molar-refractivity contribution in [3.8, 4) is 0 Å². The largest absolute Gasteiger partial charge is 0.375 e. The topological polar surface area (TPSA) is 34.1 Å². The molecule has 0 amide bonds. The second kappa shape index (κ2) is 7.56. The Morgan fingerprint density at radius 1 is 1.16 bits per heavy atom. The summed E-state index contributed by atoms with van der Waals surface area (Å²) in [5, 5.41) is 8.02. The number of pyridine rings is 1. The molecule has 1 aliphatic heterocycles. The fourth-order valence-electron chi connectivity index (χ4n) is 4.75. The lowest BCUT2D eigenvalue weighted by Crippen LogP contribution is -2.47. The first kappa shape index (κ1) is 17.2. The molecule has 134 valence electrons. The number of nitrogens with zero attached hydrogens (tertiary/aromatic N) is 1. The maximum atomic E-state index is 6.32. The Morgan fingerprint density at radius 2 is 2.08 bits per heavy atom. The maximum absolute atomic E-state index is 6.32. The van der Waals surface area contributed by atoms with Crippen LogP contribution in [0.25, 0.3) is 0 Å². The Morgan fingerprint density at radius 3 is 2.84 bits per heavy atom. The lowest BCUT2D eigenvalue weighted by molar-refractivity contribution is -0.104. The molecule has 1 saturated carbocycles. The van der Waals surface area contributed by atoms with Crippen molar-refractivity contribution in [3.63, 3.8) is 0 Å². The van der Waals surface area contributed by atoms with Crippen LogP contribution in [0.5, 0.6) is 0 Å². The summed E-state index contributed by atoms with van der Waals surface area (Å²) >= 11 is 1.77. The minimum absolute atomic E-state index is 0.114. The molecule has 3 nitrogen and oxygen atoms in total. The maximum Gasteiger partial charge on any atom is 0.0691 e. The van der Waals surface area contributed by atoms with Crippen molar-refractivity contribution in [2.75, 3.05) is 13.2 Å². The van der Waals surface area contributed by atoms with Gasteiger partial charge in [0.25, 0.3) is 0 Å². The summed E-state index contributed by atoms with van der Waals surface area (Å²) in [6.07, 6.45) is 10.4. The molecule has 1 N–H and O–H groups in total. The number of hydrogen-bond donors (Lipinski definition) is 1. The van der Waals surface area contributed by atoms with E-state index in [2.05, 4.69) is 34.3 Å². The highest BCUT2D eigenvalue weighted by atomic mass is 32.1. The van der Waals surface area contributed by atoms with Gasteiger partial charge in [-0.05, 0) is 73.2 Å². The molecule has 4 rings (SSSR count). The van der Waals surface area contributed by atoms with Crippen LogP contribution in [0.1, 0.15) is 56.2 Å². The van der Waals surface area contributed by atoms with Gasteiger partial charge in [-0.1, -0.05) is 18.9 Å². The number of rotatable bonds is 6. The third-order valence-corrected chi connectivity index (χ3v) is 6.79. The summed E-state index contributed by atoms with van der Waals surface area (Å²) in [5.41, 5.74) is 2.92. The third-order valence-electron chi connectivity index (χ3n) is 6.06. The van der Waals surface area contributed by atoms with E-state index in [0.29, 0.717) is 0 Å². The summed E-state index contributed by atoms with van der Waals surface area (Å²) in [4.78, 5) is 4.78. The van der Waals surface area contributed by atoms with Gasteiger partial charge in [-0.15, -0.1) is 0 Å². The van der Waals surface area contributed by atoms with Crippen molar-refractivity contribution in [3.05, 3.63) is 52.5 Å². The van der Waals surface area contributed by atoms with Crippen LogP contribution in [-0.4, -0.2) is 23.7 Å². The molecule has 2 aromatic heterocycles. The molecule has 1 aliphatic carbocycles. The van der Waals surface area contributed by atoms with Crippen molar-refractivity contribution in [2.24, 2.45) is 0 Å². The van der Waals surface area contributed by atoms with Crippen LogP contribution in [-0.2, 0) is 16.7 Å². The van der Waals surface area contributed by atoms with Gasteiger partial charge >= 0.3 is 0 Å². The number of aromatic nitrogens is 1. The van der Waals surface area contributed by atoms with E-state index in [-0.39, 0.29) is 11.0 Å². The zero-order valence-corrected chi connectivity index (χ0v) is 15.7. The van der Waals surface area contributed by atoms with Crippen molar-refractivity contribution in [1.82, 2.24) is 10.3 Å². The van der Waals surface area contributed by atoms with Crippen LogP contribution in [0.3, 0.4) is 0 Å². The quantitative estimate of drug-likeness (QED) is 0.763. The van der Waals surface area contributed by atoms with E-state index in [1.165, 1.54) is 36.9 Å². The summed E-state index contributed by atoms with van der Waals surface area (Å²) in [5.74, 6) is 0. The Balaban J connectivity index is 1.48. The summed E-state index contributed by atoms with van der Waals surface area (Å²) in [6.45, 7) is 2.87. The van der Waals surface area contributed by atoms with E-state index < -0.39 is 0 Å². The molecule has 0 unspecified atom stereocenters. The van der Waals surface area contributed by atoms with E-state index in [1.807, 2.05) is 12.3 Å². The lowest BCUT2D eigenvalue weighted by Gasteiger charge is -2.46. The molecule has 3 heterocycles. The smallest absolute Gasteiger partial charge is 0.0691 e. The van der Waals surface area contributed by atoms with Gasteiger partial charge in [0.2, 0.25) is 0 Å². The second-order valence-electron chi connectivity index (χ2n) is 7.72. The van der Waals surface area contributed by atoms with E-state index in [4.69, 9.17) is 9.72 Å². The molecule has 2 fully saturated rings. The van der Waals surface area contributed by atoms with Crippen LogP contribution in [0.4, 0.5) is 0 Å². The molecule has 1 saturated heterocycles. The van der Waals surface area contributed by atoms with Crippen molar-refractivity contribution < 1.29 is 4.74 Å². The predicted molar refractivity (Wildman–Crippen MR) is 103 cm³/mol. The second-order valence-corrected chi connectivity index (χ2v) is 8.50. The zero-order chi connectivity index (χ0) is 17.0. The highest BCUT2D eigenvalue weighted by Gasteiger charge is 2.48. The zero-order valence-electron chi connectivity index (χ0n) is 14.9. The van der Waals surface area contributed by atoms with Crippen LogP contribution in [0.15, 0.2) is 41.2 Å². The van der Waals surface area contributed by atoms with Crippen molar-refractivity contribution in [1.29, 1.82) is 0 Å². The van der Waals surface area contributed by atoms with E-state index >= 15 is 0 Å². The highest BCUT2D eigenvalue weighted by Crippen LogP contribution is 2.49.